The molecule has 1 aliphatic heterocycles. The molecule has 0 radical (unpaired) electrons. The van der Waals surface area contributed by atoms with Crippen LogP contribution < -0.4 is 5.73 Å². The minimum Gasteiger partial charge on any atom is -0.479 e. The number of alkyl halides is 2. The fourth-order valence-corrected chi connectivity index (χ4v) is 4.26. The van der Waals surface area contributed by atoms with Crippen LogP contribution in [0.3, 0.4) is 0 Å². The Labute approximate surface area is 190 Å². The number of carbonyl (C=O) groups is 4. The summed E-state index contributed by atoms with van der Waals surface area (Å²) in [6.45, 7) is 3.45. The number of anilines is 1. The van der Waals surface area contributed by atoms with Crippen LogP contribution in [0.1, 0.15) is 45.7 Å². The second-order valence-electron chi connectivity index (χ2n) is 8.50. The topological polar surface area (TPSA) is 161 Å². The Kier molecular flexibility index (Phi) is 6.28. The monoisotopic (exact) mass is 488 g/mol. The zero-order valence-electron chi connectivity index (χ0n) is 18.0. The molecule has 1 atom stereocenters. The van der Waals surface area contributed by atoms with Crippen molar-refractivity contribution in [1.29, 1.82) is 0 Å². The van der Waals surface area contributed by atoms with E-state index in [1.54, 1.807) is 13.8 Å². The minimum atomic E-state index is -3.06. The van der Waals surface area contributed by atoms with Crippen molar-refractivity contribution in [2.24, 2.45) is 11.1 Å². The molecular formula is C19H22F2N4O7S. The first-order valence-electron chi connectivity index (χ1n) is 9.77. The highest BCUT2D eigenvalue weighted by molar-refractivity contribution is 7.13. The number of nitrogens with two attached hydrogens (primary N) is 1. The van der Waals surface area contributed by atoms with Crippen molar-refractivity contribution in [3.8, 4) is 0 Å². The van der Waals surface area contributed by atoms with Gasteiger partial charge in [0.15, 0.2) is 28.0 Å². The van der Waals surface area contributed by atoms with Gasteiger partial charge in [0.05, 0.1) is 24.3 Å². The summed E-state index contributed by atoms with van der Waals surface area (Å²) in [6, 6.07) is 0. The quantitative estimate of drug-likeness (QED) is 0.282. The number of oxime groups is 1. The molecule has 1 aromatic heterocycles. The largest absolute Gasteiger partial charge is 0.479 e. The second-order valence-corrected chi connectivity index (χ2v) is 9.39. The van der Waals surface area contributed by atoms with Crippen molar-refractivity contribution >= 4 is 45.6 Å². The fraction of sp³-hybridized carbons (Fsp3) is 0.579. The van der Waals surface area contributed by atoms with Gasteiger partial charge in [-0.25, -0.2) is 23.6 Å². The van der Waals surface area contributed by atoms with Gasteiger partial charge >= 0.3 is 5.97 Å². The number of Topliss-reactive ketones (excluding diaryl/α,β-unsaturated/α-hetero) is 2. The zero-order chi connectivity index (χ0) is 24.8. The van der Waals surface area contributed by atoms with Gasteiger partial charge in [0.25, 0.3) is 11.8 Å². The summed E-state index contributed by atoms with van der Waals surface area (Å²) in [6.07, 6.45) is -2.04. The number of hydroxylamine groups is 2. The van der Waals surface area contributed by atoms with Crippen LogP contribution in [0.25, 0.3) is 0 Å². The standard InChI is InChI=1S/C19H22F2N4O7S/c1-9(26)18(7-19(20,21)8-18)32-25-15(30)10(17(25,2)3)4-12(27)14(24-31-5-13(28)29)11-6-33-16(22)23-11/h6,10H,4-5,7-8H2,1-3H3,(H2,22,23)(H,28,29)/b24-14-/t10-/m1/s1. The van der Waals surface area contributed by atoms with Crippen LogP contribution in [0.4, 0.5) is 13.9 Å². The van der Waals surface area contributed by atoms with Gasteiger partial charge < -0.3 is 15.7 Å². The molecule has 0 bridgehead atoms. The predicted molar refractivity (Wildman–Crippen MR) is 109 cm³/mol. The van der Waals surface area contributed by atoms with Gasteiger partial charge in [0.2, 0.25) is 6.61 Å². The molecule has 1 aromatic rings. The number of ketones is 2. The molecule has 1 saturated heterocycles. The van der Waals surface area contributed by atoms with Gasteiger partial charge in [-0.05, 0) is 20.8 Å². The van der Waals surface area contributed by atoms with E-state index in [1.165, 1.54) is 5.38 Å². The molecule has 2 aliphatic rings. The molecule has 14 heteroatoms. The summed E-state index contributed by atoms with van der Waals surface area (Å²) in [5.74, 6) is -7.25. The molecule has 0 aromatic carbocycles. The first kappa shape index (κ1) is 24.6. The molecule has 2 fully saturated rings. The number of nitrogen functional groups attached to an aromatic ring is 1. The van der Waals surface area contributed by atoms with Gasteiger partial charge in [-0.2, -0.15) is 0 Å². The van der Waals surface area contributed by atoms with Gasteiger partial charge in [-0.15, -0.1) is 11.3 Å². The van der Waals surface area contributed by atoms with Gasteiger partial charge in [0, 0.05) is 11.8 Å². The van der Waals surface area contributed by atoms with Gasteiger partial charge in [-0.3, -0.25) is 19.2 Å². The van der Waals surface area contributed by atoms with Crippen molar-refractivity contribution in [2.45, 2.75) is 57.1 Å². The molecule has 3 rings (SSSR count). The number of β-lactam (4-membered cyclic amide) rings is 1. The number of hydrogen-bond donors (Lipinski definition) is 2. The normalized spacial score (nSPS) is 22.8. The fourth-order valence-electron chi connectivity index (χ4n) is 3.71. The van der Waals surface area contributed by atoms with E-state index >= 15 is 0 Å². The predicted octanol–water partition coefficient (Wildman–Crippen LogP) is 1.42. The van der Waals surface area contributed by atoms with Crippen LogP contribution in [0.5, 0.6) is 0 Å². The number of halogens is 2. The summed E-state index contributed by atoms with van der Waals surface area (Å²) in [5, 5.41) is 14.7. The summed E-state index contributed by atoms with van der Waals surface area (Å²) >= 11 is 1.02. The summed E-state index contributed by atoms with van der Waals surface area (Å²) < 4.78 is 26.9. The van der Waals surface area contributed by atoms with E-state index in [-0.39, 0.29) is 23.0 Å². The lowest BCUT2D eigenvalue weighted by Gasteiger charge is -2.57. The van der Waals surface area contributed by atoms with E-state index in [1.807, 2.05) is 0 Å². The molecular weight excluding hydrogens is 466 g/mol. The smallest absolute Gasteiger partial charge is 0.344 e. The number of carbonyl (C=O) groups excluding carboxylic acids is 3. The molecule has 33 heavy (non-hydrogen) atoms. The summed E-state index contributed by atoms with van der Waals surface area (Å²) in [4.78, 5) is 62.4. The Bertz CT molecular complexity index is 1030. The van der Waals surface area contributed by atoms with Crippen LogP contribution in [0.15, 0.2) is 10.5 Å². The maximum absolute atomic E-state index is 13.5. The summed E-state index contributed by atoms with van der Waals surface area (Å²) in [5.41, 5.74) is 2.43. The van der Waals surface area contributed by atoms with E-state index in [9.17, 15) is 28.0 Å². The maximum atomic E-state index is 13.5. The lowest BCUT2D eigenvalue weighted by Crippen LogP contribution is -2.72. The lowest BCUT2D eigenvalue weighted by molar-refractivity contribution is -0.345. The van der Waals surface area contributed by atoms with E-state index in [0.717, 1.165) is 23.3 Å². The van der Waals surface area contributed by atoms with E-state index < -0.39 is 65.9 Å². The third-order valence-corrected chi connectivity index (χ3v) is 6.31. The van der Waals surface area contributed by atoms with Crippen LogP contribution in [-0.4, -0.2) is 68.0 Å². The number of hydrogen-bond acceptors (Lipinski definition) is 10. The molecule has 3 N–H and O–H groups in total. The highest BCUT2D eigenvalue weighted by Crippen LogP contribution is 2.52. The number of aromatic nitrogens is 1. The van der Waals surface area contributed by atoms with Gasteiger partial charge in [-0.1, -0.05) is 5.16 Å². The number of nitrogens with zero attached hydrogens (tertiary/aromatic N) is 3. The van der Waals surface area contributed by atoms with E-state index in [2.05, 4.69) is 15.0 Å². The number of thiazole rings is 1. The van der Waals surface area contributed by atoms with Crippen molar-refractivity contribution in [1.82, 2.24) is 10.0 Å². The number of rotatable bonds is 10. The van der Waals surface area contributed by atoms with Crippen molar-refractivity contribution in [3.05, 3.63) is 11.1 Å². The highest BCUT2D eigenvalue weighted by Gasteiger charge is 2.66. The second kappa shape index (κ2) is 8.41. The van der Waals surface area contributed by atoms with Crippen LogP contribution in [0, 0.1) is 5.92 Å². The van der Waals surface area contributed by atoms with Crippen LogP contribution in [-0.2, 0) is 28.9 Å². The number of carboxylic acids is 1. The highest BCUT2D eigenvalue weighted by atomic mass is 32.1. The maximum Gasteiger partial charge on any atom is 0.344 e. The Morgan fingerprint density at radius 3 is 2.45 bits per heavy atom. The third kappa shape index (κ3) is 4.71. The lowest BCUT2D eigenvalue weighted by atomic mass is 9.72. The number of carboxylic acid groups (broad SMARTS) is 1. The molecule has 2 heterocycles. The minimum absolute atomic E-state index is 0.0535. The zero-order valence-corrected chi connectivity index (χ0v) is 18.8. The van der Waals surface area contributed by atoms with Crippen molar-refractivity contribution < 1.29 is 42.7 Å². The summed E-state index contributed by atoms with van der Waals surface area (Å²) in [7, 11) is 0. The molecule has 0 spiro atoms. The molecule has 1 aliphatic carbocycles. The molecule has 11 nitrogen and oxygen atoms in total. The first-order chi connectivity index (χ1) is 15.2. The van der Waals surface area contributed by atoms with E-state index in [0.29, 0.717) is 0 Å². The van der Waals surface area contributed by atoms with Gasteiger partial charge in [0.1, 0.15) is 5.69 Å². The average molecular weight is 488 g/mol. The first-order valence-corrected chi connectivity index (χ1v) is 10.6. The SMILES string of the molecule is CC(=O)C1(ON2C(=O)[C@@H](CC(=O)/C(=N\OCC(=O)O)c3csc(N)n3)C2(C)C)CC(F)(F)C1. The molecule has 1 saturated carbocycles. The average Bonchev–Trinajstić information content (AvgIpc) is 3.10. The molecule has 180 valence electrons. The third-order valence-electron chi connectivity index (χ3n) is 5.63. The van der Waals surface area contributed by atoms with E-state index in [4.69, 9.17) is 15.7 Å². The molecule has 1 amide bonds. The van der Waals surface area contributed by atoms with Crippen molar-refractivity contribution in [2.75, 3.05) is 12.3 Å². The Morgan fingerprint density at radius 2 is 2.00 bits per heavy atom. The Balaban J connectivity index is 1.74. The van der Waals surface area contributed by atoms with Crippen molar-refractivity contribution in [3.63, 3.8) is 0 Å². The number of aliphatic carboxylic acids is 1. The molecule has 0 unspecified atom stereocenters. The Hall–Kier alpha value is -3.00. The number of amides is 1. The Morgan fingerprint density at radius 1 is 1.36 bits per heavy atom. The van der Waals surface area contributed by atoms with Crippen LogP contribution >= 0.6 is 11.3 Å². The van der Waals surface area contributed by atoms with Crippen LogP contribution in [0.2, 0.25) is 0 Å².